The molecule has 0 aliphatic carbocycles. The van der Waals surface area contributed by atoms with Gasteiger partial charge < -0.3 is 19.8 Å². The zero-order valence-corrected chi connectivity index (χ0v) is 22.3. The van der Waals surface area contributed by atoms with Gasteiger partial charge in [0.2, 0.25) is 0 Å². The Morgan fingerprint density at radius 2 is 1.08 bits per heavy atom. The van der Waals surface area contributed by atoms with Crippen molar-refractivity contribution in [2.24, 2.45) is 0 Å². The van der Waals surface area contributed by atoms with E-state index in [9.17, 15) is 19.8 Å². The predicted octanol–water partition coefficient (Wildman–Crippen LogP) is -3.06. The zero-order chi connectivity index (χ0) is 18.8. The fourth-order valence-corrected chi connectivity index (χ4v) is 2.64. The Kier molecular flexibility index (Phi) is 33.1. The molecule has 0 amide bonds. The number of hydrogen-bond donors (Lipinski definition) is 0. The van der Waals surface area contributed by atoms with Gasteiger partial charge in [0, 0.05) is 18.4 Å². The van der Waals surface area contributed by atoms with Crippen LogP contribution in [0.25, 0.3) is 0 Å². The molecule has 1 unspecified atom stereocenters. The largest absolute Gasteiger partial charge is 1.00 e. The molecule has 0 aromatic rings. The van der Waals surface area contributed by atoms with Crippen LogP contribution in [0, 0.1) is 0 Å². The van der Waals surface area contributed by atoms with Crippen molar-refractivity contribution in [3.63, 3.8) is 0 Å². The quantitative estimate of drug-likeness (QED) is 0.182. The van der Waals surface area contributed by atoms with Crippen LogP contribution >= 0.6 is 0 Å². The molecule has 7 heteroatoms. The summed E-state index contributed by atoms with van der Waals surface area (Å²) in [5, 5.41) is 18.6. The van der Waals surface area contributed by atoms with Gasteiger partial charge in [-0.15, -0.1) is 0 Å². The molecule has 0 saturated carbocycles. The summed E-state index contributed by atoms with van der Waals surface area (Å²) in [6, 6.07) is 0. The number of carbonyl (C=O) groups is 2. The van der Waals surface area contributed by atoms with Gasteiger partial charge in [0.05, 0.1) is 0 Å². The van der Waals surface area contributed by atoms with E-state index in [4.69, 9.17) is 0 Å². The summed E-state index contributed by atoms with van der Waals surface area (Å²) in [4.78, 5) is 18.6. The van der Waals surface area contributed by atoms with Crippen molar-refractivity contribution >= 4 is 29.7 Å². The van der Waals surface area contributed by atoms with E-state index in [-0.39, 0.29) is 59.1 Å². The molecular weight excluding hydrogens is 345 g/mol. The van der Waals surface area contributed by atoms with Crippen LogP contribution in [0.5, 0.6) is 0 Å². The second-order valence-electron chi connectivity index (χ2n) is 7.41. The fraction of sp³-hybridized carbons (Fsp3) is 0.895. The summed E-state index contributed by atoms with van der Waals surface area (Å²) >= 11 is 2.45. The van der Waals surface area contributed by atoms with Gasteiger partial charge in [0.25, 0.3) is 0 Å². The molecular formula is C19H35LiNa2O4. The molecule has 0 radical (unpaired) electrons. The molecule has 0 aromatic carbocycles. The second-order valence-corrected chi connectivity index (χ2v) is 7.41. The first-order valence-electron chi connectivity index (χ1n) is 9.64. The Morgan fingerprint density at radius 3 is 1.42 bits per heavy atom. The van der Waals surface area contributed by atoms with Crippen LogP contribution in [0.15, 0.2) is 0 Å². The summed E-state index contributed by atoms with van der Waals surface area (Å²) in [5.41, 5.74) is 0. The third-order valence-electron chi connectivity index (χ3n) is 4.20. The molecule has 0 spiro atoms. The first kappa shape index (κ1) is 35.0. The van der Waals surface area contributed by atoms with Crippen molar-refractivity contribution in [1.82, 2.24) is 0 Å². The molecule has 0 bridgehead atoms. The van der Waals surface area contributed by atoms with E-state index in [1.165, 1.54) is 77.0 Å². The second kappa shape index (κ2) is 24.6. The number of carboxylic acid groups (broad SMARTS) is 2. The van der Waals surface area contributed by atoms with Gasteiger partial charge in [0.15, 0.2) is 0 Å². The van der Waals surface area contributed by atoms with Gasteiger partial charge in [-0.1, -0.05) is 0 Å². The van der Waals surface area contributed by atoms with Crippen molar-refractivity contribution in [2.75, 3.05) is 0 Å². The maximum atomic E-state index is 9.28. The van der Waals surface area contributed by atoms with Gasteiger partial charge in [-0.3, -0.25) is 0 Å². The SMILES string of the molecule is O=C([O-])CC(=O)[O-].[Li][C](C)(CCCC)CCCCCCCCCC.[Na+].[Na+]. The summed E-state index contributed by atoms with van der Waals surface area (Å²) in [5.74, 6) is -3.25. The molecule has 0 rings (SSSR count). The third kappa shape index (κ3) is 33.1. The fourth-order valence-electron chi connectivity index (χ4n) is 2.64. The number of aliphatic carboxylic acids is 2. The van der Waals surface area contributed by atoms with Crippen LogP contribution in [0.4, 0.5) is 0 Å². The Balaban J connectivity index is -0.000000230. The minimum absolute atomic E-state index is 0. The minimum atomic E-state index is -1.63. The Hall–Kier alpha value is 1.54. The van der Waals surface area contributed by atoms with Gasteiger partial charge >= 0.3 is 179 Å². The van der Waals surface area contributed by atoms with Crippen LogP contribution in [-0.2, 0) is 9.59 Å². The maximum absolute atomic E-state index is 9.28. The summed E-state index contributed by atoms with van der Waals surface area (Å²) in [7, 11) is 0. The average molecular weight is 380 g/mol. The Morgan fingerprint density at radius 1 is 0.731 bits per heavy atom. The molecule has 0 aliphatic rings. The normalized spacial score (nSPS) is 11.9. The average Bonchev–Trinajstić information content (AvgIpc) is 2.47. The number of carboxylic acids is 2. The predicted molar refractivity (Wildman–Crippen MR) is 95.5 cm³/mol. The van der Waals surface area contributed by atoms with Crippen molar-refractivity contribution in [2.45, 2.75) is 108 Å². The van der Waals surface area contributed by atoms with Crippen molar-refractivity contribution in [1.29, 1.82) is 0 Å². The molecule has 0 fully saturated rings. The van der Waals surface area contributed by atoms with E-state index in [1.54, 1.807) is 0 Å². The first-order valence-corrected chi connectivity index (χ1v) is 9.64. The van der Waals surface area contributed by atoms with Crippen LogP contribution in [0.2, 0.25) is 4.09 Å². The van der Waals surface area contributed by atoms with Gasteiger partial charge in [-0.2, -0.15) is 0 Å². The van der Waals surface area contributed by atoms with Gasteiger partial charge in [0.1, 0.15) is 0 Å². The van der Waals surface area contributed by atoms with Crippen LogP contribution < -0.4 is 69.3 Å². The van der Waals surface area contributed by atoms with Crippen LogP contribution in [0.3, 0.4) is 0 Å². The number of carbonyl (C=O) groups excluding carboxylic acids is 2. The zero-order valence-electron chi connectivity index (χ0n) is 18.3. The van der Waals surface area contributed by atoms with E-state index in [2.05, 4.69) is 38.5 Å². The van der Waals surface area contributed by atoms with E-state index in [0.29, 0.717) is 4.09 Å². The Labute approximate surface area is 214 Å². The van der Waals surface area contributed by atoms with Gasteiger partial charge in [-0.05, 0) is 0 Å². The summed E-state index contributed by atoms with van der Waals surface area (Å²) in [6.07, 6.45) is 16.1. The first-order chi connectivity index (χ1) is 11.2. The van der Waals surface area contributed by atoms with E-state index < -0.39 is 18.4 Å². The number of unbranched alkanes of at least 4 members (excludes halogenated alkanes) is 8. The van der Waals surface area contributed by atoms with Crippen molar-refractivity contribution < 1.29 is 78.9 Å². The summed E-state index contributed by atoms with van der Waals surface area (Å²) < 4.78 is 0.595. The molecule has 0 N–H and O–H groups in total. The monoisotopic (exact) mass is 380 g/mol. The molecule has 4 nitrogen and oxygen atoms in total. The maximum Gasteiger partial charge on any atom is 1.00 e. The molecule has 0 heterocycles. The number of rotatable bonds is 14. The van der Waals surface area contributed by atoms with E-state index in [0.717, 1.165) is 0 Å². The van der Waals surface area contributed by atoms with Crippen molar-refractivity contribution in [3.8, 4) is 0 Å². The molecule has 138 valence electrons. The molecule has 0 saturated heterocycles. The number of hydrogen-bond acceptors (Lipinski definition) is 4. The van der Waals surface area contributed by atoms with Crippen molar-refractivity contribution in [3.05, 3.63) is 0 Å². The van der Waals surface area contributed by atoms with E-state index in [1.807, 2.05) is 0 Å². The van der Waals surface area contributed by atoms with Crippen LogP contribution in [0.1, 0.15) is 104 Å². The van der Waals surface area contributed by atoms with Gasteiger partial charge in [-0.25, -0.2) is 0 Å². The van der Waals surface area contributed by atoms with Crippen LogP contribution in [-0.4, -0.2) is 29.7 Å². The third-order valence-corrected chi connectivity index (χ3v) is 4.20. The standard InChI is InChI=1S/C16H33.C3H4O4.Li.2Na/c1-4-6-8-9-10-11-12-13-15-16(3)14-7-5-2;4-2(5)1-3(6)7;;;/h4-15H2,1-3H3;1H2,(H,4,5)(H,6,7);;;/q;;;2*+1/p-2. The molecule has 0 aliphatic heterocycles. The molecule has 0 aromatic heterocycles. The molecule has 1 atom stereocenters. The molecule has 26 heavy (non-hydrogen) atoms. The smallest absolute Gasteiger partial charge is 1.00 e. The summed E-state index contributed by atoms with van der Waals surface area (Å²) in [6.45, 7) is 7.04. The topological polar surface area (TPSA) is 80.3 Å². The minimum Gasteiger partial charge on any atom is 1.00 e. The Bertz CT molecular complexity index is 315. The van der Waals surface area contributed by atoms with E-state index >= 15 is 0 Å².